The SMILES string of the molecule is CN(C)c1ccnc(CNC(=O)c2cccc(Oc3ccc(F)cc3)c2)n1. The molecule has 6 nitrogen and oxygen atoms in total. The predicted octanol–water partition coefficient (Wildman–Crippen LogP) is 3.40. The highest BCUT2D eigenvalue weighted by atomic mass is 19.1. The van der Waals surface area contributed by atoms with Crippen LogP contribution in [-0.4, -0.2) is 30.0 Å². The summed E-state index contributed by atoms with van der Waals surface area (Å²) in [6, 6.07) is 14.2. The molecule has 138 valence electrons. The van der Waals surface area contributed by atoms with Crippen molar-refractivity contribution < 1.29 is 13.9 Å². The number of rotatable bonds is 6. The van der Waals surface area contributed by atoms with Crippen molar-refractivity contribution in [1.82, 2.24) is 15.3 Å². The lowest BCUT2D eigenvalue weighted by atomic mass is 10.2. The third-order valence-electron chi connectivity index (χ3n) is 3.70. The molecule has 1 aromatic heterocycles. The average molecular weight is 366 g/mol. The van der Waals surface area contributed by atoms with E-state index in [0.29, 0.717) is 22.9 Å². The van der Waals surface area contributed by atoms with Crippen molar-refractivity contribution in [3.63, 3.8) is 0 Å². The predicted molar refractivity (Wildman–Crippen MR) is 100 cm³/mol. The summed E-state index contributed by atoms with van der Waals surface area (Å²) in [7, 11) is 3.77. The van der Waals surface area contributed by atoms with Crippen molar-refractivity contribution in [2.24, 2.45) is 0 Å². The lowest BCUT2D eigenvalue weighted by Gasteiger charge is -2.12. The third-order valence-corrected chi connectivity index (χ3v) is 3.70. The molecule has 2 aromatic carbocycles. The number of carbonyl (C=O) groups is 1. The number of hydrogen-bond donors (Lipinski definition) is 1. The van der Waals surface area contributed by atoms with Crippen molar-refractivity contribution in [3.8, 4) is 11.5 Å². The molecule has 0 atom stereocenters. The fourth-order valence-electron chi connectivity index (χ4n) is 2.32. The fraction of sp³-hybridized carbons (Fsp3) is 0.150. The molecule has 7 heteroatoms. The van der Waals surface area contributed by atoms with Crippen molar-refractivity contribution in [2.45, 2.75) is 6.54 Å². The second kappa shape index (κ2) is 8.27. The Morgan fingerprint density at radius 3 is 2.63 bits per heavy atom. The Kier molecular flexibility index (Phi) is 5.61. The van der Waals surface area contributed by atoms with E-state index in [-0.39, 0.29) is 18.3 Å². The van der Waals surface area contributed by atoms with E-state index in [2.05, 4.69) is 15.3 Å². The summed E-state index contributed by atoms with van der Waals surface area (Å²) in [5.74, 6) is 1.66. The van der Waals surface area contributed by atoms with Crippen LogP contribution in [0, 0.1) is 5.82 Å². The smallest absolute Gasteiger partial charge is 0.251 e. The lowest BCUT2D eigenvalue weighted by Crippen LogP contribution is -2.24. The number of carbonyl (C=O) groups excluding carboxylic acids is 1. The largest absolute Gasteiger partial charge is 0.457 e. The minimum atomic E-state index is -0.337. The van der Waals surface area contributed by atoms with Crippen LogP contribution in [0.5, 0.6) is 11.5 Å². The zero-order chi connectivity index (χ0) is 19.2. The molecule has 0 aliphatic carbocycles. The highest BCUT2D eigenvalue weighted by molar-refractivity contribution is 5.94. The minimum absolute atomic E-state index is 0.212. The Labute approximate surface area is 156 Å². The van der Waals surface area contributed by atoms with Crippen molar-refractivity contribution in [2.75, 3.05) is 19.0 Å². The first-order chi connectivity index (χ1) is 13.0. The molecule has 3 rings (SSSR count). The molecule has 0 aliphatic rings. The van der Waals surface area contributed by atoms with E-state index in [1.165, 1.54) is 24.3 Å². The van der Waals surface area contributed by atoms with Gasteiger partial charge in [-0.3, -0.25) is 4.79 Å². The quantitative estimate of drug-likeness (QED) is 0.724. The highest BCUT2D eigenvalue weighted by Crippen LogP contribution is 2.22. The van der Waals surface area contributed by atoms with Crippen molar-refractivity contribution in [1.29, 1.82) is 0 Å². The summed E-state index contributed by atoms with van der Waals surface area (Å²) >= 11 is 0. The molecule has 0 saturated heterocycles. The van der Waals surface area contributed by atoms with Gasteiger partial charge in [0.25, 0.3) is 5.91 Å². The maximum Gasteiger partial charge on any atom is 0.251 e. The molecule has 0 saturated carbocycles. The van der Waals surface area contributed by atoms with Crippen molar-refractivity contribution >= 4 is 11.7 Å². The summed E-state index contributed by atoms with van der Waals surface area (Å²) in [5, 5.41) is 2.79. The molecular weight excluding hydrogens is 347 g/mol. The Bertz CT molecular complexity index is 929. The number of aromatic nitrogens is 2. The van der Waals surface area contributed by atoms with Crippen LogP contribution >= 0.6 is 0 Å². The van der Waals surface area contributed by atoms with Crippen LogP contribution in [0.1, 0.15) is 16.2 Å². The number of ether oxygens (including phenoxy) is 1. The van der Waals surface area contributed by atoms with E-state index in [4.69, 9.17) is 4.74 Å². The van der Waals surface area contributed by atoms with Gasteiger partial charge in [0.1, 0.15) is 29.0 Å². The molecule has 0 bridgehead atoms. The molecule has 3 aromatic rings. The van der Waals surface area contributed by atoms with E-state index < -0.39 is 0 Å². The van der Waals surface area contributed by atoms with E-state index in [1.54, 1.807) is 36.5 Å². The van der Waals surface area contributed by atoms with Crippen LogP contribution in [0.3, 0.4) is 0 Å². The second-order valence-corrected chi connectivity index (χ2v) is 5.99. The lowest BCUT2D eigenvalue weighted by molar-refractivity contribution is 0.0949. The summed E-state index contributed by atoms with van der Waals surface area (Å²) < 4.78 is 18.6. The van der Waals surface area contributed by atoms with Gasteiger partial charge in [0, 0.05) is 25.9 Å². The summed E-state index contributed by atoms with van der Waals surface area (Å²) in [5.41, 5.74) is 0.443. The fourth-order valence-corrected chi connectivity index (χ4v) is 2.32. The molecule has 1 heterocycles. The molecule has 1 amide bonds. The number of anilines is 1. The van der Waals surface area contributed by atoms with Crippen LogP contribution in [0.2, 0.25) is 0 Å². The zero-order valence-electron chi connectivity index (χ0n) is 15.0. The van der Waals surface area contributed by atoms with E-state index >= 15 is 0 Å². The maximum absolute atomic E-state index is 13.0. The molecule has 0 unspecified atom stereocenters. The maximum atomic E-state index is 13.0. The first kappa shape index (κ1) is 18.3. The molecular formula is C20H19FN4O2. The van der Waals surface area contributed by atoms with Crippen LogP contribution < -0.4 is 15.0 Å². The minimum Gasteiger partial charge on any atom is -0.457 e. The monoisotopic (exact) mass is 366 g/mol. The second-order valence-electron chi connectivity index (χ2n) is 5.99. The molecule has 0 fully saturated rings. The van der Waals surface area contributed by atoms with Gasteiger partial charge >= 0.3 is 0 Å². The van der Waals surface area contributed by atoms with Gasteiger partial charge in [-0.25, -0.2) is 14.4 Å². The topological polar surface area (TPSA) is 67.4 Å². The number of hydrogen-bond acceptors (Lipinski definition) is 5. The third kappa shape index (κ3) is 5.01. The van der Waals surface area contributed by atoms with Gasteiger partial charge < -0.3 is 15.0 Å². The normalized spacial score (nSPS) is 10.3. The van der Waals surface area contributed by atoms with E-state index in [9.17, 15) is 9.18 Å². The van der Waals surface area contributed by atoms with Crippen LogP contribution in [0.25, 0.3) is 0 Å². The molecule has 1 N–H and O–H groups in total. The standard InChI is InChI=1S/C20H19FN4O2/c1-25(2)19-10-11-22-18(24-19)13-23-20(26)14-4-3-5-17(12-14)27-16-8-6-15(21)7-9-16/h3-12H,13H2,1-2H3,(H,23,26). The first-order valence-corrected chi connectivity index (χ1v) is 8.32. The number of nitrogens with one attached hydrogen (secondary N) is 1. The first-order valence-electron chi connectivity index (χ1n) is 8.32. The Hall–Kier alpha value is -3.48. The summed E-state index contributed by atoms with van der Waals surface area (Å²) in [6.07, 6.45) is 1.65. The van der Waals surface area contributed by atoms with E-state index in [1.807, 2.05) is 19.0 Å². The van der Waals surface area contributed by atoms with Gasteiger partial charge in [-0.2, -0.15) is 0 Å². The van der Waals surface area contributed by atoms with Crippen LogP contribution in [0.15, 0.2) is 60.8 Å². The Morgan fingerprint density at radius 2 is 1.89 bits per heavy atom. The Balaban J connectivity index is 1.65. The van der Waals surface area contributed by atoms with Gasteiger partial charge in [0.05, 0.1) is 6.54 Å². The van der Waals surface area contributed by atoms with Crippen molar-refractivity contribution in [3.05, 3.63) is 78.0 Å². The highest BCUT2D eigenvalue weighted by Gasteiger charge is 2.09. The molecule has 0 aliphatic heterocycles. The van der Waals surface area contributed by atoms with Crippen LogP contribution in [-0.2, 0) is 6.54 Å². The average Bonchev–Trinajstić information content (AvgIpc) is 2.68. The summed E-state index contributed by atoms with van der Waals surface area (Å²) in [6.45, 7) is 0.212. The molecule has 27 heavy (non-hydrogen) atoms. The number of benzene rings is 2. The summed E-state index contributed by atoms with van der Waals surface area (Å²) in [4.78, 5) is 22.8. The van der Waals surface area contributed by atoms with Gasteiger partial charge in [0.15, 0.2) is 0 Å². The van der Waals surface area contributed by atoms with Gasteiger partial charge in [-0.1, -0.05) is 6.07 Å². The molecule has 0 radical (unpaired) electrons. The zero-order valence-corrected chi connectivity index (χ0v) is 15.0. The van der Waals surface area contributed by atoms with E-state index in [0.717, 1.165) is 5.82 Å². The molecule has 0 spiro atoms. The van der Waals surface area contributed by atoms with Gasteiger partial charge in [0.2, 0.25) is 0 Å². The Morgan fingerprint density at radius 1 is 1.11 bits per heavy atom. The van der Waals surface area contributed by atoms with Gasteiger partial charge in [-0.15, -0.1) is 0 Å². The number of halogens is 1. The van der Waals surface area contributed by atoms with Crippen LogP contribution in [0.4, 0.5) is 10.2 Å². The van der Waals surface area contributed by atoms with Gasteiger partial charge in [-0.05, 0) is 48.5 Å². The number of nitrogens with zero attached hydrogens (tertiary/aromatic N) is 3. The number of amides is 1.